The Morgan fingerprint density at radius 2 is 1.74 bits per heavy atom. The van der Waals surface area contributed by atoms with Crippen LogP contribution in [0.2, 0.25) is 0 Å². The lowest BCUT2D eigenvalue weighted by atomic mass is 9.84. The van der Waals surface area contributed by atoms with Crippen LogP contribution in [0.3, 0.4) is 0 Å². The summed E-state index contributed by atoms with van der Waals surface area (Å²) in [6.45, 7) is 3.28. The fourth-order valence-corrected chi connectivity index (χ4v) is 3.54. The van der Waals surface area contributed by atoms with Crippen LogP contribution in [0.4, 0.5) is 4.79 Å². The number of rotatable bonds is 2. The first-order chi connectivity index (χ1) is 11.1. The molecular formula is C18H27N3O2. The normalized spacial score (nSPS) is 22.8. The molecule has 0 saturated carbocycles. The van der Waals surface area contributed by atoms with Crippen molar-refractivity contribution in [1.82, 2.24) is 15.1 Å². The highest BCUT2D eigenvalue weighted by Gasteiger charge is 2.35. The smallest absolute Gasteiger partial charge is 0.317 e. The maximum Gasteiger partial charge on any atom is 0.317 e. The summed E-state index contributed by atoms with van der Waals surface area (Å²) in [5.41, 5.74) is 0.154. The second-order valence-electron chi connectivity index (χ2n) is 6.91. The molecule has 2 amide bonds. The van der Waals surface area contributed by atoms with Gasteiger partial charge >= 0.3 is 6.03 Å². The molecule has 2 saturated heterocycles. The average molecular weight is 317 g/mol. The predicted octanol–water partition coefficient (Wildman–Crippen LogP) is 1.77. The summed E-state index contributed by atoms with van der Waals surface area (Å²) in [4.78, 5) is 16.6. The van der Waals surface area contributed by atoms with Gasteiger partial charge in [0, 0.05) is 19.1 Å². The lowest BCUT2D eigenvalue weighted by Gasteiger charge is -2.39. The summed E-state index contributed by atoms with van der Waals surface area (Å²) in [6, 6.07) is 10.1. The number of hydrogen-bond acceptors (Lipinski definition) is 3. The summed E-state index contributed by atoms with van der Waals surface area (Å²) in [5, 5.41) is 14.0. The van der Waals surface area contributed by atoms with E-state index in [1.165, 1.54) is 0 Å². The molecule has 2 aliphatic heterocycles. The number of carbonyl (C=O) groups excluding carboxylic acids is 1. The van der Waals surface area contributed by atoms with Crippen LogP contribution in [0.1, 0.15) is 31.2 Å². The first-order valence-corrected chi connectivity index (χ1v) is 8.59. The minimum atomic E-state index is -0.800. The molecule has 0 bridgehead atoms. The van der Waals surface area contributed by atoms with Crippen LogP contribution in [-0.4, -0.2) is 60.2 Å². The number of likely N-dealkylation sites (tertiary alicyclic amines) is 2. The van der Waals surface area contributed by atoms with Crippen molar-refractivity contribution >= 4 is 6.03 Å². The van der Waals surface area contributed by atoms with E-state index in [9.17, 15) is 9.90 Å². The third-order valence-electron chi connectivity index (χ3n) is 5.24. The highest BCUT2D eigenvalue weighted by molar-refractivity contribution is 5.74. The van der Waals surface area contributed by atoms with E-state index in [0.717, 1.165) is 31.5 Å². The Labute approximate surface area is 138 Å². The van der Waals surface area contributed by atoms with Gasteiger partial charge in [0.1, 0.15) is 0 Å². The molecule has 2 aliphatic rings. The van der Waals surface area contributed by atoms with Gasteiger partial charge in [0.25, 0.3) is 0 Å². The molecule has 2 heterocycles. The molecule has 2 fully saturated rings. The molecule has 0 aliphatic carbocycles. The molecule has 23 heavy (non-hydrogen) atoms. The number of aliphatic hydroxyl groups is 1. The summed E-state index contributed by atoms with van der Waals surface area (Å²) < 4.78 is 0. The Balaban J connectivity index is 1.51. The Bertz CT molecular complexity index is 518. The van der Waals surface area contributed by atoms with Gasteiger partial charge < -0.3 is 20.2 Å². The van der Waals surface area contributed by atoms with Crippen molar-refractivity contribution in [2.24, 2.45) is 0 Å². The summed E-state index contributed by atoms with van der Waals surface area (Å²) >= 11 is 0. The van der Waals surface area contributed by atoms with Gasteiger partial charge in [-0.3, -0.25) is 0 Å². The average Bonchev–Trinajstić information content (AvgIpc) is 2.58. The first kappa shape index (κ1) is 16.3. The Morgan fingerprint density at radius 1 is 1.13 bits per heavy atom. The summed E-state index contributed by atoms with van der Waals surface area (Å²) in [5.74, 6) is 0. The second kappa shape index (κ2) is 6.89. The van der Waals surface area contributed by atoms with Crippen molar-refractivity contribution in [1.29, 1.82) is 0 Å². The third kappa shape index (κ3) is 3.85. The molecule has 5 nitrogen and oxygen atoms in total. The molecule has 1 aromatic rings. The zero-order valence-corrected chi connectivity index (χ0v) is 13.9. The molecule has 2 N–H and O–H groups in total. The Kier molecular flexibility index (Phi) is 4.87. The third-order valence-corrected chi connectivity index (χ3v) is 5.24. The number of amides is 2. The van der Waals surface area contributed by atoms with Crippen molar-refractivity contribution < 1.29 is 9.90 Å². The summed E-state index contributed by atoms with van der Waals surface area (Å²) in [6.07, 6.45) is 3.23. The van der Waals surface area contributed by atoms with Crippen LogP contribution < -0.4 is 5.32 Å². The molecule has 0 radical (unpaired) electrons. The monoisotopic (exact) mass is 317 g/mol. The van der Waals surface area contributed by atoms with Gasteiger partial charge in [0.05, 0.1) is 5.60 Å². The van der Waals surface area contributed by atoms with E-state index in [2.05, 4.69) is 17.3 Å². The van der Waals surface area contributed by atoms with Crippen molar-refractivity contribution in [3.63, 3.8) is 0 Å². The van der Waals surface area contributed by atoms with Crippen LogP contribution in [0.25, 0.3) is 0 Å². The molecule has 3 rings (SSSR count). The first-order valence-electron chi connectivity index (χ1n) is 8.59. The fraction of sp³-hybridized carbons (Fsp3) is 0.611. The molecule has 0 aromatic heterocycles. The van der Waals surface area contributed by atoms with Crippen LogP contribution >= 0.6 is 0 Å². The minimum Gasteiger partial charge on any atom is -0.385 e. The second-order valence-corrected chi connectivity index (χ2v) is 6.91. The molecule has 0 spiro atoms. The quantitative estimate of drug-likeness (QED) is 0.874. The zero-order chi connectivity index (χ0) is 16.3. The van der Waals surface area contributed by atoms with Crippen molar-refractivity contribution in [2.75, 3.05) is 33.2 Å². The highest BCUT2D eigenvalue weighted by Crippen LogP contribution is 2.32. The Morgan fingerprint density at radius 3 is 2.35 bits per heavy atom. The lowest BCUT2D eigenvalue weighted by molar-refractivity contribution is -0.0171. The topological polar surface area (TPSA) is 55.8 Å². The van der Waals surface area contributed by atoms with Gasteiger partial charge in [-0.05, 0) is 51.4 Å². The van der Waals surface area contributed by atoms with Gasteiger partial charge in [0.2, 0.25) is 0 Å². The molecule has 1 aromatic carbocycles. The SMILES string of the molecule is CN1CCC(NC(=O)N2CCC(O)(c3ccccc3)CC2)CC1. The van der Waals surface area contributed by atoms with E-state index in [1.54, 1.807) is 0 Å². The largest absolute Gasteiger partial charge is 0.385 e. The van der Waals surface area contributed by atoms with E-state index < -0.39 is 5.60 Å². The van der Waals surface area contributed by atoms with Crippen molar-refractivity contribution in [3.05, 3.63) is 35.9 Å². The van der Waals surface area contributed by atoms with Crippen molar-refractivity contribution in [3.8, 4) is 0 Å². The standard InChI is InChI=1S/C18H27N3O2/c1-20-11-7-16(8-12-20)19-17(22)21-13-9-18(23,10-14-21)15-5-3-2-4-6-15/h2-6,16,23H,7-14H2,1H3,(H,19,22). The molecule has 0 unspecified atom stereocenters. The van der Waals surface area contributed by atoms with E-state index in [1.807, 2.05) is 35.2 Å². The molecule has 0 atom stereocenters. The van der Waals surface area contributed by atoms with Crippen LogP contribution in [0.15, 0.2) is 30.3 Å². The van der Waals surface area contributed by atoms with Crippen LogP contribution in [0.5, 0.6) is 0 Å². The molecule has 5 heteroatoms. The minimum absolute atomic E-state index is 0.0228. The fourth-order valence-electron chi connectivity index (χ4n) is 3.54. The van der Waals surface area contributed by atoms with E-state index in [-0.39, 0.29) is 12.1 Å². The zero-order valence-electron chi connectivity index (χ0n) is 13.9. The van der Waals surface area contributed by atoms with Crippen molar-refractivity contribution in [2.45, 2.75) is 37.3 Å². The number of urea groups is 1. The van der Waals surface area contributed by atoms with E-state index in [4.69, 9.17) is 0 Å². The van der Waals surface area contributed by atoms with Crippen LogP contribution in [0, 0.1) is 0 Å². The van der Waals surface area contributed by atoms with E-state index >= 15 is 0 Å². The number of benzene rings is 1. The highest BCUT2D eigenvalue weighted by atomic mass is 16.3. The lowest BCUT2D eigenvalue weighted by Crippen LogP contribution is -2.52. The number of nitrogens with zero attached hydrogens (tertiary/aromatic N) is 2. The van der Waals surface area contributed by atoms with E-state index in [0.29, 0.717) is 25.9 Å². The van der Waals surface area contributed by atoms with Gasteiger partial charge in [0.15, 0.2) is 0 Å². The molecule has 126 valence electrons. The van der Waals surface area contributed by atoms with Gasteiger partial charge in [-0.15, -0.1) is 0 Å². The predicted molar refractivity (Wildman–Crippen MR) is 90.2 cm³/mol. The maximum absolute atomic E-state index is 12.4. The van der Waals surface area contributed by atoms with Gasteiger partial charge in [-0.1, -0.05) is 30.3 Å². The number of piperidine rings is 2. The number of carbonyl (C=O) groups is 1. The molecular weight excluding hydrogens is 290 g/mol. The number of hydrogen-bond donors (Lipinski definition) is 2. The maximum atomic E-state index is 12.4. The summed E-state index contributed by atoms with van der Waals surface area (Å²) in [7, 11) is 2.12. The Hall–Kier alpha value is -1.59. The number of nitrogens with one attached hydrogen (secondary N) is 1. The van der Waals surface area contributed by atoms with Gasteiger partial charge in [-0.25, -0.2) is 4.79 Å². The van der Waals surface area contributed by atoms with Gasteiger partial charge in [-0.2, -0.15) is 0 Å². The van der Waals surface area contributed by atoms with Crippen LogP contribution in [-0.2, 0) is 5.60 Å².